The van der Waals surface area contributed by atoms with Crippen LogP contribution >= 0.6 is 0 Å². The topological polar surface area (TPSA) is 75.1 Å². The Labute approximate surface area is 114 Å². The number of carbonyl (C=O) groups excluding carboxylic acids is 1. The van der Waals surface area contributed by atoms with Gasteiger partial charge in [0.15, 0.2) is 0 Å². The fourth-order valence-electron chi connectivity index (χ4n) is 2.28. The van der Waals surface area contributed by atoms with Crippen molar-refractivity contribution in [2.45, 2.75) is 34.6 Å². The Morgan fingerprint density at radius 3 is 2.42 bits per heavy atom. The zero-order valence-corrected chi connectivity index (χ0v) is 12.2. The molecule has 0 aromatic carbocycles. The first-order valence-corrected chi connectivity index (χ1v) is 6.43. The van der Waals surface area contributed by atoms with E-state index in [1.165, 1.54) is 5.57 Å². The van der Waals surface area contributed by atoms with Crippen LogP contribution in [0.2, 0.25) is 0 Å². The summed E-state index contributed by atoms with van der Waals surface area (Å²) < 4.78 is 4.88. The molecule has 5 heteroatoms. The van der Waals surface area contributed by atoms with Crippen LogP contribution in [0.4, 0.5) is 0 Å². The van der Waals surface area contributed by atoms with Gasteiger partial charge in [0, 0.05) is 4.91 Å². The highest BCUT2D eigenvalue weighted by Gasteiger charge is 2.55. The molecule has 1 fully saturated rings. The van der Waals surface area contributed by atoms with Gasteiger partial charge in [0.05, 0.1) is 6.61 Å². The molecule has 0 aliphatic heterocycles. The summed E-state index contributed by atoms with van der Waals surface area (Å²) in [5.41, 5.74) is 9.92. The Morgan fingerprint density at radius 1 is 1.37 bits per heavy atom. The van der Waals surface area contributed by atoms with Gasteiger partial charge in [-0.3, -0.25) is 0 Å². The highest BCUT2D eigenvalue weighted by Crippen LogP contribution is 2.60. The molecule has 1 aliphatic rings. The number of nitrogens with zero attached hydrogens (tertiary/aromatic N) is 3. The number of allylic oxidation sites excluding steroid dienone is 3. The number of rotatable bonds is 5. The molecular formula is C14H21N3O2. The Bertz CT molecular complexity index is 467. The lowest BCUT2D eigenvalue weighted by molar-refractivity contribution is -0.138. The predicted molar refractivity (Wildman–Crippen MR) is 74.1 cm³/mol. The molecule has 0 N–H and O–H groups in total. The van der Waals surface area contributed by atoms with Gasteiger partial charge in [-0.15, -0.1) is 0 Å². The molecule has 1 saturated carbocycles. The molecule has 0 aromatic heterocycles. The summed E-state index contributed by atoms with van der Waals surface area (Å²) in [7, 11) is 0. The Morgan fingerprint density at radius 2 is 1.95 bits per heavy atom. The second kappa shape index (κ2) is 5.93. The van der Waals surface area contributed by atoms with Gasteiger partial charge in [0.25, 0.3) is 0 Å². The first-order valence-electron chi connectivity index (χ1n) is 6.43. The molecule has 1 rings (SSSR count). The van der Waals surface area contributed by atoms with Crippen molar-refractivity contribution in [3.05, 3.63) is 33.9 Å². The van der Waals surface area contributed by atoms with Crippen LogP contribution in [0, 0.1) is 17.3 Å². The van der Waals surface area contributed by atoms with E-state index < -0.39 is 5.97 Å². The number of carbonyl (C=O) groups is 1. The molecule has 0 aromatic rings. The minimum Gasteiger partial charge on any atom is -0.462 e. The average Bonchev–Trinajstić information content (AvgIpc) is 2.79. The van der Waals surface area contributed by atoms with E-state index in [0.717, 1.165) is 0 Å². The van der Waals surface area contributed by atoms with Crippen LogP contribution in [0.3, 0.4) is 0 Å². The van der Waals surface area contributed by atoms with E-state index in [4.69, 9.17) is 10.3 Å². The molecule has 5 nitrogen and oxygen atoms in total. The van der Waals surface area contributed by atoms with Crippen LogP contribution in [-0.2, 0) is 9.53 Å². The van der Waals surface area contributed by atoms with Gasteiger partial charge in [-0.05, 0) is 43.6 Å². The van der Waals surface area contributed by atoms with Gasteiger partial charge in [-0.2, -0.15) is 0 Å². The molecule has 0 heterocycles. The Balaban J connectivity index is 2.95. The third-order valence-corrected chi connectivity index (χ3v) is 3.48. The fraction of sp³-hybridized carbons (Fsp3) is 0.643. The molecule has 104 valence electrons. The van der Waals surface area contributed by atoms with E-state index in [-0.39, 0.29) is 23.6 Å². The number of hydrogen-bond acceptors (Lipinski definition) is 3. The molecular weight excluding hydrogens is 242 g/mol. The molecule has 0 bridgehead atoms. The molecule has 0 spiro atoms. The molecule has 0 unspecified atom stereocenters. The van der Waals surface area contributed by atoms with Gasteiger partial charge in [0.2, 0.25) is 0 Å². The van der Waals surface area contributed by atoms with Crippen LogP contribution in [0.5, 0.6) is 0 Å². The van der Waals surface area contributed by atoms with Crippen molar-refractivity contribution in [2.75, 3.05) is 6.61 Å². The van der Waals surface area contributed by atoms with Gasteiger partial charge < -0.3 is 4.74 Å². The first kappa shape index (κ1) is 15.3. The normalized spacial score (nSPS) is 24.2. The number of azide groups is 1. The second-order valence-electron chi connectivity index (χ2n) is 5.58. The zero-order valence-electron chi connectivity index (χ0n) is 12.2. The van der Waals surface area contributed by atoms with Crippen molar-refractivity contribution >= 4 is 5.97 Å². The van der Waals surface area contributed by atoms with Crippen LogP contribution in [0.15, 0.2) is 28.5 Å². The molecule has 0 amide bonds. The summed E-state index contributed by atoms with van der Waals surface area (Å²) in [6, 6.07) is 0. The van der Waals surface area contributed by atoms with Crippen molar-refractivity contribution in [3.63, 3.8) is 0 Å². The van der Waals surface area contributed by atoms with Crippen LogP contribution in [0.1, 0.15) is 34.6 Å². The van der Waals surface area contributed by atoms with Crippen LogP contribution in [-0.4, -0.2) is 12.6 Å². The number of ether oxygens (including phenoxy) is 1. The van der Waals surface area contributed by atoms with Gasteiger partial charge in [-0.25, -0.2) is 4.79 Å². The first-order chi connectivity index (χ1) is 8.84. The minimum absolute atomic E-state index is 0.0621. The average molecular weight is 263 g/mol. The highest BCUT2D eigenvalue weighted by atomic mass is 16.5. The SMILES string of the molecule is CCOC(=O)/C(=C/[C@H]1[C@@H](C=C(C)C)C1(C)C)N=[N+]=[N-]. The second-order valence-corrected chi connectivity index (χ2v) is 5.58. The monoisotopic (exact) mass is 263 g/mol. The third-order valence-electron chi connectivity index (χ3n) is 3.48. The largest absolute Gasteiger partial charge is 0.462 e. The van der Waals surface area contributed by atoms with Gasteiger partial charge >= 0.3 is 5.97 Å². The van der Waals surface area contributed by atoms with Crippen LogP contribution < -0.4 is 0 Å². The van der Waals surface area contributed by atoms with Crippen molar-refractivity contribution in [1.29, 1.82) is 0 Å². The highest BCUT2D eigenvalue weighted by molar-refractivity contribution is 5.88. The van der Waals surface area contributed by atoms with E-state index in [1.807, 2.05) is 0 Å². The molecule has 1 aliphatic carbocycles. The lowest BCUT2D eigenvalue weighted by Gasteiger charge is -2.02. The van der Waals surface area contributed by atoms with Crippen LogP contribution in [0.25, 0.3) is 10.4 Å². The van der Waals surface area contributed by atoms with Crippen molar-refractivity contribution in [3.8, 4) is 0 Å². The summed E-state index contributed by atoms with van der Waals surface area (Å²) in [6.07, 6.45) is 3.93. The zero-order chi connectivity index (χ0) is 14.6. The fourth-order valence-corrected chi connectivity index (χ4v) is 2.28. The maximum Gasteiger partial charge on any atom is 0.340 e. The molecule has 0 radical (unpaired) electrons. The standard InChI is InChI=1S/C14H21N3O2/c1-6-19-13(18)12(16-17-15)8-11-10(7-9(2)3)14(11,4)5/h7-8,10-11H,6H2,1-5H3/b12-8-/t10-,11+/m1/s1. The van der Waals surface area contributed by atoms with E-state index in [2.05, 4.69) is 43.8 Å². The Kier molecular flexibility index (Phi) is 4.78. The van der Waals surface area contributed by atoms with Crippen molar-refractivity contribution < 1.29 is 9.53 Å². The van der Waals surface area contributed by atoms with E-state index in [0.29, 0.717) is 5.92 Å². The summed E-state index contributed by atoms with van der Waals surface area (Å²) >= 11 is 0. The maximum absolute atomic E-state index is 11.7. The third kappa shape index (κ3) is 3.61. The summed E-state index contributed by atoms with van der Waals surface area (Å²) in [5.74, 6) is 0.0158. The smallest absolute Gasteiger partial charge is 0.340 e. The summed E-state index contributed by atoms with van der Waals surface area (Å²) in [5, 5.41) is 3.45. The van der Waals surface area contributed by atoms with E-state index in [9.17, 15) is 4.79 Å². The Hall–Kier alpha value is -1.74. The molecule has 0 saturated heterocycles. The number of hydrogen-bond donors (Lipinski definition) is 0. The maximum atomic E-state index is 11.7. The number of esters is 1. The predicted octanol–water partition coefficient (Wildman–Crippen LogP) is 3.98. The van der Waals surface area contributed by atoms with Crippen molar-refractivity contribution in [1.82, 2.24) is 0 Å². The summed E-state index contributed by atoms with van der Waals surface area (Å²) in [4.78, 5) is 14.4. The van der Waals surface area contributed by atoms with Crippen molar-refractivity contribution in [2.24, 2.45) is 22.4 Å². The van der Waals surface area contributed by atoms with Gasteiger partial charge in [-0.1, -0.05) is 36.7 Å². The van der Waals surface area contributed by atoms with E-state index in [1.54, 1.807) is 13.0 Å². The lowest BCUT2D eigenvalue weighted by Crippen LogP contribution is -2.06. The molecule has 2 atom stereocenters. The van der Waals surface area contributed by atoms with Gasteiger partial charge in [0.1, 0.15) is 5.70 Å². The molecule has 19 heavy (non-hydrogen) atoms. The minimum atomic E-state index is -0.557. The summed E-state index contributed by atoms with van der Waals surface area (Å²) in [6.45, 7) is 10.4. The quantitative estimate of drug-likeness (QED) is 0.188. The lowest BCUT2D eigenvalue weighted by atomic mass is 10.1. The van der Waals surface area contributed by atoms with E-state index >= 15 is 0 Å².